The van der Waals surface area contributed by atoms with Crippen LogP contribution >= 0.6 is 0 Å². The van der Waals surface area contributed by atoms with Crippen LogP contribution in [-0.4, -0.2) is 42.0 Å². The fraction of sp³-hybridized carbons (Fsp3) is 0.556. The number of morpholine rings is 1. The minimum Gasteiger partial charge on any atom is -0.372 e. The number of hydrogen-bond acceptors (Lipinski definition) is 3. The summed E-state index contributed by atoms with van der Waals surface area (Å²) < 4.78 is 5.66. The van der Waals surface area contributed by atoms with Crippen molar-refractivity contribution in [3.8, 4) is 0 Å². The van der Waals surface area contributed by atoms with E-state index in [0.717, 1.165) is 18.5 Å². The highest BCUT2D eigenvalue weighted by Crippen LogP contribution is 2.16. The number of carbonyl (C=O) groups excluding carboxylic acids is 2. The SMILES string of the molecule is CCCCC(=O)Nc1ccc(C(=O)N2C[C@@H](C)O[C@H](C)C2)cc1. The largest absolute Gasteiger partial charge is 0.372 e. The molecule has 0 aliphatic carbocycles. The minimum atomic E-state index is 0.0101. The third-order valence-electron chi connectivity index (χ3n) is 3.88. The predicted molar refractivity (Wildman–Crippen MR) is 90.5 cm³/mol. The first-order chi connectivity index (χ1) is 11.0. The second kappa shape index (κ2) is 8.11. The molecule has 0 aromatic heterocycles. The molecule has 0 bridgehead atoms. The van der Waals surface area contributed by atoms with Crippen molar-refractivity contribution in [2.75, 3.05) is 18.4 Å². The summed E-state index contributed by atoms with van der Waals surface area (Å²) in [6.45, 7) is 7.23. The van der Waals surface area contributed by atoms with Crippen LogP contribution in [0.4, 0.5) is 5.69 Å². The molecule has 0 radical (unpaired) electrons. The molecule has 5 nitrogen and oxygen atoms in total. The van der Waals surface area contributed by atoms with E-state index in [-0.39, 0.29) is 24.0 Å². The van der Waals surface area contributed by atoms with E-state index in [1.54, 1.807) is 24.3 Å². The molecular formula is C18H26N2O3. The Morgan fingerprint density at radius 1 is 1.17 bits per heavy atom. The molecule has 1 saturated heterocycles. The highest BCUT2D eigenvalue weighted by atomic mass is 16.5. The molecule has 1 aliphatic rings. The van der Waals surface area contributed by atoms with Gasteiger partial charge in [0.15, 0.2) is 0 Å². The number of anilines is 1. The number of unbranched alkanes of at least 4 members (excludes halogenated alkanes) is 1. The monoisotopic (exact) mass is 318 g/mol. The Hall–Kier alpha value is -1.88. The highest BCUT2D eigenvalue weighted by molar-refractivity contribution is 5.95. The van der Waals surface area contributed by atoms with E-state index in [1.165, 1.54) is 0 Å². The normalized spacial score (nSPS) is 21.1. The quantitative estimate of drug-likeness (QED) is 0.907. The van der Waals surface area contributed by atoms with Gasteiger partial charge in [-0.2, -0.15) is 0 Å². The summed E-state index contributed by atoms with van der Waals surface area (Å²) in [6.07, 6.45) is 2.52. The molecule has 1 aliphatic heterocycles. The molecule has 0 unspecified atom stereocenters. The summed E-state index contributed by atoms with van der Waals surface area (Å²) in [5.41, 5.74) is 1.37. The van der Waals surface area contributed by atoms with Gasteiger partial charge in [0.2, 0.25) is 5.91 Å². The number of carbonyl (C=O) groups is 2. The fourth-order valence-electron chi connectivity index (χ4n) is 2.78. The summed E-state index contributed by atoms with van der Waals surface area (Å²) in [4.78, 5) is 26.1. The number of rotatable bonds is 5. The summed E-state index contributed by atoms with van der Waals surface area (Å²) in [5.74, 6) is 0.0256. The van der Waals surface area contributed by atoms with Crippen molar-refractivity contribution in [3.05, 3.63) is 29.8 Å². The van der Waals surface area contributed by atoms with Crippen LogP contribution in [0.25, 0.3) is 0 Å². The Bertz CT molecular complexity index is 532. The molecule has 0 saturated carbocycles. The fourth-order valence-corrected chi connectivity index (χ4v) is 2.78. The maximum absolute atomic E-state index is 12.5. The summed E-state index contributed by atoms with van der Waals surface area (Å²) >= 11 is 0. The van der Waals surface area contributed by atoms with Gasteiger partial charge in [-0.15, -0.1) is 0 Å². The van der Waals surface area contributed by atoms with E-state index in [2.05, 4.69) is 12.2 Å². The zero-order chi connectivity index (χ0) is 16.8. The Labute approximate surface area is 138 Å². The predicted octanol–water partition coefficient (Wildman–Crippen LogP) is 3.06. The number of nitrogens with zero attached hydrogens (tertiary/aromatic N) is 1. The van der Waals surface area contributed by atoms with Crippen molar-refractivity contribution in [3.63, 3.8) is 0 Å². The first-order valence-electron chi connectivity index (χ1n) is 8.34. The Morgan fingerprint density at radius 3 is 2.35 bits per heavy atom. The van der Waals surface area contributed by atoms with Gasteiger partial charge in [0.05, 0.1) is 12.2 Å². The lowest BCUT2D eigenvalue weighted by Gasteiger charge is -2.35. The first kappa shape index (κ1) is 17.5. The smallest absolute Gasteiger partial charge is 0.254 e. The van der Waals surface area contributed by atoms with Gasteiger partial charge in [0, 0.05) is 30.8 Å². The molecule has 2 atom stereocenters. The van der Waals surface area contributed by atoms with Gasteiger partial charge in [-0.05, 0) is 44.5 Å². The Balaban J connectivity index is 1.96. The zero-order valence-corrected chi connectivity index (χ0v) is 14.2. The Morgan fingerprint density at radius 2 is 1.78 bits per heavy atom. The minimum absolute atomic E-state index is 0.0101. The molecule has 2 amide bonds. The number of hydrogen-bond donors (Lipinski definition) is 1. The van der Waals surface area contributed by atoms with Crippen LogP contribution in [0.2, 0.25) is 0 Å². The van der Waals surface area contributed by atoms with Crippen LogP contribution in [0.5, 0.6) is 0 Å². The lowest BCUT2D eigenvalue weighted by molar-refractivity contribution is -0.116. The molecule has 23 heavy (non-hydrogen) atoms. The topological polar surface area (TPSA) is 58.6 Å². The van der Waals surface area contributed by atoms with Gasteiger partial charge in [0.1, 0.15) is 0 Å². The van der Waals surface area contributed by atoms with Crippen LogP contribution < -0.4 is 5.32 Å². The van der Waals surface area contributed by atoms with E-state index in [4.69, 9.17) is 4.74 Å². The average Bonchev–Trinajstić information content (AvgIpc) is 2.52. The lowest BCUT2D eigenvalue weighted by atomic mass is 10.1. The molecule has 5 heteroatoms. The molecule has 1 heterocycles. The molecular weight excluding hydrogens is 292 g/mol. The molecule has 1 fully saturated rings. The summed E-state index contributed by atoms with van der Waals surface area (Å²) in [5, 5.41) is 2.85. The van der Waals surface area contributed by atoms with Crippen molar-refractivity contribution in [1.82, 2.24) is 4.90 Å². The number of benzene rings is 1. The van der Waals surface area contributed by atoms with E-state index in [1.807, 2.05) is 18.7 Å². The van der Waals surface area contributed by atoms with Gasteiger partial charge in [0.25, 0.3) is 5.91 Å². The summed E-state index contributed by atoms with van der Waals surface area (Å²) in [7, 11) is 0. The molecule has 0 spiro atoms. The molecule has 126 valence electrons. The average molecular weight is 318 g/mol. The number of ether oxygens (including phenoxy) is 1. The molecule has 2 rings (SSSR count). The lowest BCUT2D eigenvalue weighted by Crippen LogP contribution is -2.48. The third kappa shape index (κ3) is 5.06. The maximum Gasteiger partial charge on any atom is 0.254 e. The van der Waals surface area contributed by atoms with Gasteiger partial charge in [-0.1, -0.05) is 13.3 Å². The van der Waals surface area contributed by atoms with Crippen LogP contribution in [0, 0.1) is 0 Å². The van der Waals surface area contributed by atoms with E-state index >= 15 is 0 Å². The maximum atomic E-state index is 12.5. The van der Waals surface area contributed by atoms with Crippen molar-refractivity contribution < 1.29 is 14.3 Å². The number of nitrogens with one attached hydrogen (secondary N) is 1. The van der Waals surface area contributed by atoms with Gasteiger partial charge in [-0.3, -0.25) is 9.59 Å². The molecule has 1 aromatic rings. The zero-order valence-electron chi connectivity index (χ0n) is 14.2. The van der Waals surface area contributed by atoms with E-state index in [0.29, 0.717) is 25.1 Å². The Kier molecular flexibility index (Phi) is 6.16. The standard InChI is InChI=1S/C18H26N2O3/c1-4-5-6-17(21)19-16-9-7-15(8-10-16)18(22)20-11-13(2)23-14(3)12-20/h7-10,13-14H,4-6,11-12H2,1-3H3,(H,19,21)/t13-,14-/m1/s1. The molecule has 1 aromatic carbocycles. The second-order valence-corrected chi connectivity index (χ2v) is 6.20. The van der Waals surface area contributed by atoms with Crippen LogP contribution in [0.1, 0.15) is 50.4 Å². The van der Waals surface area contributed by atoms with Crippen LogP contribution in [0.15, 0.2) is 24.3 Å². The second-order valence-electron chi connectivity index (χ2n) is 6.20. The van der Waals surface area contributed by atoms with Crippen molar-refractivity contribution in [1.29, 1.82) is 0 Å². The van der Waals surface area contributed by atoms with Gasteiger partial charge >= 0.3 is 0 Å². The van der Waals surface area contributed by atoms with Gasteiger partial charge < -0.3 is 15.0 Å². The number of amides is 2. The van der Waals surface area contributed by atoms with Crippen molar-refractivity contribution >= 4 is 17.5 Å². The van der Waals surface area contributed by atoms with E-state index in [9.17, 15) is 9.59 Å². The van der Waals surface area contributed by atoms with Crippen LogP contribution in [0.3, 0.4) is 0 Å². The third-order valence-corrected chi connectivity index (χ3v) is 3.88. The van der Waals surface area contributed by atoms with Crippen molar-refractivity contribution in [2.24, 2.45) is 0 Å². The first-order valence-corrected chi connectivity index (χ1v) is 8.34. The van der Waals surface area contributed by atoms with Gasteiger partial charge in [-0.25, -0.2) is 0 Å². The van der Waals surface area contributed by atoms with E-state index < -0.39 is 0 Å². The molecule has 1 N–H and O–H groups in total. The highest BCUT2D eigenvalue weighted by Gasteiger charge is 2.26. The van der Waals surface area contributed by atoms with Crippen molar-refractivity contribution in [2.45, 2.75) is 52.2 Å². The summed E-state index contributed by atoms with van der Waals surface area (Å²) in [6, 6.07) is 7.10. The van der Waals surface area contributed by atoms with Crippen LogP contribution in [-0.2, 0) is 9.53 Å².